The van der Waals surface area contributed by atoms with Crippen molar-refractivity contribution in [1.82, 2.24) is 0 Å². The molecule has 2 N–H and O–H groups in total. The van der Waals surface area contributed by atoms with E-state index in [1.54, 1.807) is 6.08 Å². The van der Waals surface area contributed by atoms with Gasteiger partial charge < -0.3 is 10.2 Å². The number of hydrogen-bond acceptors (Lipinski definition) is 2. The van der Waals surface area contributed by atoms with E-state index in [0.29, 0.717) is 0 Å². The summed E-state index contributed by atoms with van der Waals surface area (Å²) in [7, 11) is 0. The van der Waals surface area contributed by atoms with Crippen molar-refractivity contribution in [2.45, 2.75) is 90.1 Å². The Morgan fingerprint density at radius 3 is 2.10 bits per heavy atom. The summed E-state index contributed by atoms with van der Waals surface area (Å²) in [6.45, 7) is 2.22. The van der Waals surface area contributed by atoms with E-state index >= 15 is 0 Å². The van der Waals surface area contributed by atoms with Crippen molar-refractivity contribution in [2.75, 3.05) is 0 Å². The molecule has 118 valence electrons. The summed E-state index contributed by atoms with van der Waals surface area (Å²) in [6, 6.07) is 0. The Labute approximate surface area is 124 Å². The highest BCUT2D eigenvalue weighted by Gasteiger charge is 2.03. The number of hydrogen-bond donors (Lipinski definition) is 2. The third-order valence-electron chi connectivity index (χ3n) is 3.56. The summed E-state index contributed by atoms with van der Waals surface area (Å²) in [4.78, 5) is 10.2. The van der Waals surface area contributed by atoms with Crippen LogP contribution in [0.1, 0.15) is 84.0 Å². The molecule has 0 aliphatic carbocycles. The summed E-state index contributed by atoms with van der Waals surface area (Å²) >= 11 is 0. The van der Waals surface area contributed by atoms with Gasteiger partial charge in [0.1, 0.15) is 0 Å². The summed E-state index contributed by atoms with van der Waals surface area (Å²) < 4.78 is 0. The fourth-order valence-corrected chi connectivity index (χ4v) is 2.31. The van der Waals surface area contributed by atoms with Crippen molar-refractivity contribution in [2.24, 2.45) is 0 Å². The fourth-order valence-electron chi connectivity index (χ4n) is 2.31. The molecule has 0 aromatic carbocycles. The molecule has 0 saturated carbocycles. The minimum absolute atomic E-state index is 0.143. The Balaban J connectivity index is 3.24. The number of aliphatic hydroxyl groups excluding tert-OH is 1. The number of unbranched alkanes of at least 4 members (excludes halogenated alkanes) is 8. The molecule has 0 bridgehead atoms. The van der Waals surface area contributed by atoms with Gasteiger partial charge >= 0.3 is 5.97 Å². The number of aliphatic hydroxyl groups is 1. The van der Waals surface area contributed by atoms with Gasteiger partial charge in [-0.15, -0.1) is 0 Å². The number of rotatable bonds is 14. The van der Waals surface area contributed by atoms with E-state index < -0.39 is 5.97 Å². The Morgan fingerprint density at radius 2 is 1.50 bits per heavy atom. The highest BCUT2D eigenvalue weighted by molar-refractivity contribution is 5.79. The predicted molar refractivity (Wildman–Crippen MR) is 83.9 cm³/mol. The first-order valence-corrected chi connectivity index (χ1v) is 8.24. The first kappa shape index (κ1) is 19.2. The Hall–Kier alpha value is -0.830. The van der Waals surface area contributed by atoms with E-state index in [0.717, 1.165) is 44.9 Å². The lowest BCUT2D eigenvalue weighted by Crippen LogP contribution is -2.05. The molecule has 0 aromatic heterocycles. The van der Waals surface area contributed by atoms with Crippen LogP contribution >= 0.6 is 0 Å². The van der Waals surface area contributed by atoms with Crippen molar-refractivity contribution >= 4 is 5.97 Å². The molecule has 1 atom stereocenters. The largest absolute Gasteiger partial charge is 0.478 e. The van der Waals surface area contributed by atoms with Crippen LogP contribution in [0.5, 0.6) is 0 Å². The topological polar surface area (TPSA) is 57.5 Å². The lowest BCUT2D eigenvalue weighted by molar-refractivity contribution is -0.131. The minimum Gasteiger partial charge on any atom is -0.478 e. The van der Waals surface area contributed by atoms with Gasteiger partial charge in [0.2, 0.25) is 0 Å². The maximum Gasteiger partial charge on any atom is 0.327 e. The van der Waals surface area contributed by atoms with Crippen molar-refractivity contribution < 1.29 is 15.0 Å². The van der Waals surface area contributed by atoms with Gasteiger partial charge in [-0.2, -0.15) is 0 Å². The second kappa shape index (κ2) is 14.6. The van der Waals surface area contributed by atoms with Crippen LogP contribution in [0, 0.1) is 0 Å². The number of carbonyl (C=O) groups is 1. The Morgan fingerprint density at radius 1 is 0.950 bits per heavy atom. The molecule has 0 radical (unpaired) electrons. The molecule has 0 aliphatic heterocycles. The number of aliphatic carboxylic acids is 1. The number of carboxylic acids is 1. The summed E-state index contributed by atoms with van der Waals surface area (Å²) in [5, 5.41) is 18.3. The summed E-state index contributed by atoms with van der Waals surface area (Å²) in [5.74, 6) is -0.876. The normalized spacial score (nSPS) is 12.9. The zero-order valence-electron chi connectivity index (χ0n) is 13.0. The molecule has 0 spiro atoms. The standard InChI is InChI=1S/C17H32O3/c1-2-3-4-5-7-10-13-16(18)14-11-8-6-9-12-15-17(19)20/h12,15-16,18H,2-11,13-14H2,1H3,(H,19,20). The summed E-state index contributed by atoms with van der Waals surface area (Å²) in [5.41, 5.74) is 0. The van der Waals surface area contributed by atoms with Crippen LogP contribution in [-0.2, 0) is 4.79 Å². The average molecular weight is 284 g/mol. The maximum absolute atomic E-state index is 10.2. The smallest absolute Gasteiger partial charge is 0.327 e. The van der Waals surface area contributed by atoms with Gasteiger partial charge in [0.25, 0.3) is 0 Å². The molecular weight excluding hydrogens is 252 g/mol. The molecule has 0 heterocycles. The van der Waals surface area contributed by atoms with E-state index in [2.05, 4.69) is 6.92 Å². The van der Waals surface area contributed by atoms with Crippen LogP contribution in [0.3, 0.4) is 0 Å². The molecule has 0 aromatic rings. The predicted octanol–water partition coefficient (Wildman–Crippen LogP) is 4.69. The Kier molecular flexibility index (Phi) is 14.0. The van der Waals surface area contributed by atoms with E-state index in [1.165, 1.54) is 38.2 Å². The van der Waals surface area contributed by atoms with Gasteiger partial charge in [0.15, 0.2) is 0 Å². The maximum atomic E-state index is 10.2. The van der Waals surface area contributed by atoms with E-state index in [9.17, 15) is 9.90 Å². The number of allylic oxidation sites excluding steroid dienone is 1. The SMILES string of the molecule is CCCCCCCCC(O)CCCCCC=CC(=O)O. The molecule has 20 heavy (non-hydrogen) atoms. The van der Waals surface area contributed by atoms with Gasteiger partial charge in [-0.3, -0.25) is 0 Å². The van der Waals surface area contributed by atoms with Crippen molar-refractivity contribution in [3.63, 3.8) is 0 Å². The van der Waals surface area contributed by atoms with Gasteiger partial charge in [0.05, 0.1) is 6.10 Å². The average Bonchev–Trinajstić information content (AvgIpc) is 2.41. The molecule has 3 nitrogen and oxygen atoms in total. The van der Waals surface area contributed by atoms with Crippen LogP contribution in [0.4, 0.5) is 0 Å². The molecule has 1 unspecified atom stereocenters. The van der Waals surface area contributed by atoms with E-state index in [1.807, 2.05) is 0 Å². The second-order valence-corrected chi connectivity index (χ2v) is 5.59. The zero-order valence-corrected chi connectivity index (χ0v) is 13.0. The zero-order chi connectivity index (χ0) is 15.1. The number of carboxylic acid groups (broad SMARTS) is 1. The van der Waals surface area contributed by atoms with Crippen LogP contribution in [-0.4, -0.2) is 22.3 Å². The van der Waals surface area contributed by atoms with Gasteiger partial charge in [-0.1, -0.05) is 64.4 Å². The first-order valence-electron chi connectivity index (χ1n) is 8.24. The highest BCUT2D eigenvalue weighted by Crippen LogP contribution is 2.13. The van der Waals surface area contributed by atoms with Crippen molar-refractivity contribution in [3.05, 3.63) is 12.2 Å². The third kappa shape index (κ3) is 15.2. The van der Waals surface area contributed by atoms with Crippen molar-refractivity contribution in [3.8, 4) is 0 Å². The van der Waals surface area contributed by atoms with Crippen LogP contribution in [0.15, 0.2) is 12.2 Å². The first-order chi connectivity index (χ1) is 9.66. The molecule has 0 amide bonds. The third-order valence-corrected chi connectivity index (χ3v) is 3.56. The van der Waals surface area contributed by atoms with E-state index in [-0.39, 0.29) is 6.10 Å². The monoisotopic (exact) mass is 284 g/mol. The second-order valence-electron chi connectivity index (χ2n) is 5.59. The molecule has 0 saturated heterocycles. The molecular formula is C17H32O3. The minimum atomic E-state index is -0.876. The van der Waals surface area contributed by atoms with Gasteiger partial charge in [-0.05, 0) is 25.7 Å². The van der Waals surface area contributed by atoms with E-state index in [4.69, 9.17) is 5.11 Å². The lowest BCUT2D eigenvalue weighted by atomic mass is 10.0. The van der Waals surface area contributed by atoms with Crippen LogP contribution < -0.4 is 0 Å². The lowest BCUT2D eigenvalue weighted by Gasteiger charge is -2.09. The van der Waals surface area contributed by atoms with Crippen LogP contribution in [0.2, 0.25) is 0 Å². The molecule has 0 aliphatic rings. The van der Waals surface area contributed by atoms with Crippen LogP contribution in [0.25, 0.3) is 0 Å². The Bertz CT molecular complexity index is 249. The van der Waals surface area contributed by atoms with Gasteiger partial charge in [-0.25, -0.2) is 4.79 Å². The molecule has 3 heteroatoms. The molecule has 0 rings (SSSR count). The molecule has 0 fully saturated rings. The quantitative estimate of drug-likeness (QED) is 0.359. The van der Waals surface area contributed by atoms with Gasteiger partial charge in [0, 0.05) is 6.08 Å². The van der Waals surface area contributed by atoms with Crippen molar-refractivity contribution in [1.29, 1.82) is 0 Å². The fraction of sp³-hybridized carbons (Fsp3) is 0.824. The highest BCUT2D eigenvalue weighted by atomic mass is 16.4. The summed E-state index contributed by atoms with van der Waals surface area (Å²) in [6.07, 6.45) is 16.2.